The van der Waals surface area contributed by atoms with Crippen molar-refractivity contribution in [1.29, 1.82) is 0 Å². The van der Waals surface area contributed by atoms with Crippen molar-refractivity contribution in [3.8, 4) is 0 Å². The molecule has 0 aromatic carbocycles. The SMILES string of the molecule is COC1CCN(c2nccc(CO)c2F)C(C)C1. The zero-order valence-corrected chi connectivity index (χ0v) is 10.8. The van der Waals surface area contributed by atoms with E-state index in [1.807, 2.05) is 11.8 Å². The molecule has 1 aromatic heterocycles. The van der Waals surface area contributed by atoms with Gasteiger partial charge in [0.25, 0.3) is 0 Å². The van der Waals surface area contributed by atoms with Crippen LogP contribution in [0.15, 0.2) is 12.3 Å². The molecular formula is C13H19FN2O2. The van der Waals surface area contributed by atoms with Gasteiger partial charge in [-0.05, 0) is 25.8 Å². The lowest BCUT2D eigenvalue weighted by molar-refractivity contribution is 0.0717. The normalized spacial score (nSPS) is 24.3. The maximum Gasteiger partial charge on any atom is 0.171 e. The third-order valence-electron chi connectivity index (χ3n) is 3.55. The number of aliphatic hydroxyl groups excluding tert-OH is 1. The van der Waals surface area contributed by atoms with E-state index in [4.69, 9.17) is 9.84 Å². The molecule has 0 spiro atoms. The number of halogens is 1. The smallest absolute Gasteiger partial charge is 0.171 e. The van der Waals surface area contributed by atoms with Gasteiger partial charge in [-0.2, -0.15) is 0 Å². The molecule has 0 amide bonds. The molecule has 4 nitrogen and oxygen atoms in total. The first-order chi connectivity index (χ1) is 8.67. The molecule has 0 saturated carbocycles. The Bertz CT molecular complexity index is 414. The van der Waals surface area contributed by atoms with Crippen LogP contribution in [0, 0.1) is 5.82 Å². The zero-order valence-electron chi connectivity index (χ0n) is 10.8. The van der Waals surface area contributed by atoms with Gasteiger partial charge in [0.15, 0.2) is 11.6 Å². The summed E-state index contributed by atoms with van der Waals surface area (Å²) >= 11 is 0. The van der Waals surface area contributed by atoms with Crippen LogP contribution in [0.3, 0.4) is 0 Å². The van der Waals surface area contributed by atoms with E-state index in [-0.39, 0.29) is 18.8 Å². The van der Waals surface area contributed by atoms with E-state index >= 15 is 0 Å². The van der Waals surface area contributed by atoms with E-state index < -0.39 is 5.82 Å². The molecule has 0 aliphatic carbocycles. The number of pyridine rings is 1. The zero-order chi connectivity index (χ0) is 13.1. The van der Waals surface area contributed by atoms with Crippen LogP contribution in [0.4, 0.5) is 10.2 Å². The third kappa shape index (κ3) is 2.47. The summed E-state index contributed by atoms with van der Waals surface area (Å²) in [5.41, 5.74) is 0.293. The van der Waals surface area contributed by atoms with Crippen LogP contribution in [0.5, 0.6) is 0 Å². The Hall–Kier alpha value is -1.20. The van der Waals surface area contributed by atoms with Gasteiger partial charge < -0.3 is 14.7 Å². The predicted octanol–water partition coefficient (Wildman–Crippen LogP) is 1.72. The minimum absolute atomic E-state index is 0.180. The van der Waals surface area contributed by atoms with Gasteiger partial charge in [0.1, 0.15) is 0 Å². The second-order valence-electron chi connectivity index (χ2n) is 4.69. The highest BCUT2D eigenvalue weighted by atomic mass is 19.1. The van der Waals surface area contributed by atoms with E-state index in [9.17, 15) is 4.39 Å². The van der Waals surface area contributed by atoms with Gasteiger partial charge in [0.05, 0.1) is 12.7 Å². The highest BCUT2D eigenvalue weighted by Crippen LogP contribution is 2.27. The maximum absolute atomic E-state index is 14.1. The van der Waals surface area contributed by atoms with Crippen molar-refractivity contribution in [1.82, 2.24) is 4.98 Å². The number of ether oxygens (including phenoxy) is 1. The largest absolute Gasteiger partial charge is 0.392 e. The van der Waals surface area contributed by atoms with E-state index in [1.165, 1.54) is 6.07 Å². The molecule has 1 N–H and O–H groups in total. The molecule has 0 bridgehead atoms. The lowest BCUT2D eigenvalue weighted by atomic mass is 10.0. The molecule has 5 heteroatoms. The number of aliphatic hydroxyl groups is 1. The fraction of sp³-hybridized carbons (Fsp3) is 0.615. The van der Waals surface area contributed by atoms with E-state index in [1.54, 1.807) is 13.3 Å². The average Bonchev–Trinajstić information content (AvgIpc) is 2.39. The summed E-state index contributed by atoms with van der Waals surface area (Å²) in [5.74, 6) is -0.0775. The number of rotatable bonds is 3. The first-order valence-corrected chi connectivity index (χ1v) is 6.21. The maximum atomic E-state index is 14.1. The minimum atomic E-state index is -0.414. The van der Waals surface area contributed by atoms with Crippen LogP contribution < -0.4 is 4.90 Å². The second-order valence-corrected chi connectivity index (χ2v) is 4.69. The Morgan fingerprint density at radius 1 is 1.61 bits per heavy atom. The van der Waals surface area contributed by atoms with Crippen LogP contribution in [0.2, 0.25) is 0 Å². The van der Waals surface area contributed by atoms with Crippen molar-refractivity contribution < 1.29 is 14.2 Å². The summed E-state index contributed by atoms with van der Waals surface area (Å²) in [5, 5.41) is 9.08. The van der Waals surface area contributed by atoms with Crippen LogP contribution in [0.25, 0.3) is 0 Å². The molecule has 1 aliphatic rings. The van der Waals surface area contributed by atoms with Crippen molar-refractivity contribution in [2.24, 2.45) is 0 Å². The number of hydrogen-bond acceptors (Lipinski definition) is 4. The highest BCUT2D eigenvalue weighted by molar-refractivity contribution is 5.44. The first-order valence-electron chi connectivity index (χ1n) is 6.21. The van der Waals surface area contributed by atoms with Crippen molar-refractivity contribution in [2.75, 3.05) is 18.6 Å². The minimum Gasteiger partial charge on any atom is -0.392 e. The summed E-state index contributed by atoms with van der Waals surface area (Å²) in [6.45, 7) is 2.46. The van der Waals surface area contributed by atoms with Crippen molar-refractivity contribution >= 4 is 5.82 Å². The number of methoxy groups -OCH3 is 1. The summed E-state index contributed by atoms with van der Waals surface area (Å²) in [6, 6.07) is 1.69. The topological polar surface area (TPSA) is 45.6 Å². The fourth-order valence-electron chi connectivity index (χ4n) is 2.45. The summed E-state index contributed by atoms with van der Waals surface area (Å²) in [7, 11) is 1.71. The molecule has 1 aromatic rings. The number of nitrogens with zero attached hydrogens (tertiary/aromatic N) is 2. The summed E-state index contributed by atoms with van der Waals surface area (Å²) < 4.78 is 19.5. The van der Waals surface area contributed by atoms with Crippen molar-refractivity contribution in [3.05, 3.63) is 23.6 Å². The van der Waals surface area contributed by atoms with Crippen LogP contribution in [-0.4, -0.2) is 35.9 Å². The molecular weight excluding hydrogens is 235 g/mol. The molecule has 18 heavy (non-hydrogen) atoms. The monoisotopic (exact) mass is 254 g/mol. The molecule has 2 rings (SSSR count). The first kappa shape index (κ1) is 13.2. The van der Waals surface area contributed by atoms with Crippen LogP contribution in [0.1, 0.15) is 25.3 Å². The Morgan fingerprint density at radius 2 is 2.39 bits per heavy atom. The fourth-order valence-corrected chi connectivity index (χ4v) is 2.45. The third-order valence-corrected chi connectivity index (χ3v) is 3.55. The van der Waals surface area contributed by atoms with Gasteiger partial charge in [0, 0.05) is 31.5 Å². The molecule has 1 saturated heterocycles. The van der Waals surface area contributed by atoms with Gasteiger partial charge >= 0.3 is 0 Å². The highest BCUT2D eigenvalue weighted by Gasteiger charge is 2.28. The number of anilines is 1. The van der Waals surface area contributed by atoms with E-state index in [2.05, 4.69) is 4.98 Å². The number of aromatic nitrogens is 1. The summed E-state index contributed by atoms with van der Waals surface area (Å²) in [4.78, 5) is 6.06. The van der Waals surface area contributed by atoms with Gasteiger partial charge in [0.2, 0.25) is 0 Å². The second kappa shape index (κ2) is 5.63. The average molecular weight is 254 g/mol. The predicted molar refractivity (Wildman–Crippen MR) is 67.0 cm³/mol. The van der Waals surface area contributed by atoms with Gasteiger partial charge in [-0.25, -0.2) is 9.37 Å². The van der Waals surface area contributed by atoms with Gasteiger partial charge in [-0.1, -0.05) is 0 Å². The molecule has 0 radical (unpaired) electrons. The van der Waals surface area contributed by atoms with E-state index in [0.29, 0.717) is 11.4 Å². The summed E-state index contributed by atoms with van der Waals surface area (Å²) in [6.07, 6.45) is 3.51. The molecule has 1 fully saturated rings. The van der Waals surface area contributed by atoms with Gasteiger partial charge in [-0.3, -0.25) is 0 Å². The van der Waals surface area contributed by atoms with Gasteiger partial charge in [-0.15, -0.1) is 0 Å². The lowest BCUT2D eigenvalue weighted by Crippen LogP contribution is -2.44. The molecule has 2 heterocycles. The number of hydrogen-bond donors (Lipinski definition) is 1. The Kier molecular flexibility index (Phi) is 4.14. The quantitative estimate of drug-likeness (QED) is 0.892. The standard InChI is InChI=1S/C13H19FN2O2/c1-9-7-11(18-2)4-6-16(9)13-12(14)10(8-17)3-5-15-13/h3,5,9,11,17H,4,6-8H2,1-2H3. The molecule has 2 atom stereocenters. The Labute approximate surface area is 106 Å². The lowest BCUT2D eigenvalue weighted by Gasteiger charge is -2.38. The number of piperidine rings is 1. The van der Waals surface area contributed by atoms with Crippen molar-refractivity contribution in [3.63, 3.8) is 0 Å². The molecule has 2 unspecified atom stereocenters. The Balaban J connectivity index is 2.22. The van der Waals surface area contributed by atoms with E-state index in [0.717, 1.165) is 19.4 Å². The van der Waals surface area contributed by atoms with Crippen LogP contribution >= 0.6 is 0 Å². The Morgan fingerprint density at radius 3 is 3.00 bits per heavy atom. The molecule has 100 valence electrons. The molecule has 1 aliphatic heterocycles. The van der Waals surface area contributed by atoms with Crippen LogP contribution in [-0.2, 0) is 11.3 Å². The van der Waals surface area contributed by atoms with Crippen molar-refractivity contribution in [2.45, 2.75) is 38.5 Å².